The van der Waals surface area contributed by atoms with Gasteiger partial charge in [0.15, 0.2) is 5.82 Å². The third-order valence-corrected chi connectivity index (χ3v) is 4.26. The predicted molar refractivity (Wildman–Crippen MR) is 94.7 cm³/mol. The zero-order valence-electron chi connectivity index (χ0n) is 15.1. The van der Waals surface area contributed by atoms with E-state index in [1.807, 2.05) is 38.9 Å². The first-order valence-electron chi connectivity index (χ1n) is 8.50. The van der Waals surface area contributed by atoms with Crippen LogP contribution in [-0.4, -0.2) is 46.7 Å². The van der Waals surface area contributed by atoms with Crippen molar-refractivity contribution in [2.24, 2.45) is 0 Å². The van der Waals surface area contributed by atoms with Crippen LogP contribution in [0.5, 0.6) is 0 Å². The van der Waals surface area contributed by atoms with Crippen molar-refractivity contribution >= 4 is 17.5 Å². The lowest BCUT2D eigenvalue weighted by Crippen LogP contribution is -2.35. The normalized spacial score (nSPS) is 17.2. The van der Waals surface area contributed by atoms with E-state index in [0.717, 1.165) is 18.5 Å². The van der Waals surface area contributed by atoms with E-state index in [-0.39, 0.29) is 18.0 Å². The summed E-state index contributed by atoms with van der Waals surface area (Å²) in [5, 5.41) is 6.91. The van der Waals surface area contributed by atoms with Gasteiger partial charge in [-0.15, -0.1) is 0 Å². The number of amides is 2. The topological polar surface area (TPSA) is 87.4 Å². The first-order valence-corrected chi connectivity index (χ1v) is 8.50. The molecular weight excluding hydrogens is 320 g/mol. The molecule has 1 saturated heterocycles. The Kier molecular flexibility index (Phi) is 4.87. The number of rotatable bonds is 4. The van der Waals surface area contributed by atoms with Crippen molar-refractivity contribution in [3.8, 4) is 0 Å². The number of hydrogen-bond donors (Lipinski definition) is 1. The molecule has 134 valence electrons. The van der Waals surface area contributed by atoms with Gasteiger partial charge < -0.3 is 14.3 Å². The van der Waals surface area contributed by atoms with Crippen LogP contribution in [-0.2, 0) is 0 Å². The molecule has 3 heterocycles. The van der Waals surface area contributed by atoms with Crippen molar-refractivity contribution in [1.29, 1.82) is 0 Å². The Morgan fingerprint density at radius 2 is 2.20 bits per heavy atom. The number of anilines is 2. The number of aromatic nitrogens is 3. The minimum Gasteiger partial charge on any atom is -0.376 e. The zero-order valence-corrected chi connectivity index (χ0v) is 15.1. The van der Waals surface area contributed by atoms with E-state index in [1.165, 1.54) is 0 Å². The number of nitrogens with one attached hydrogen (secondary N) is 1. The van der Waals surface area contributed by atoms with E-state index >= 15 is 0 Å². The Morgan fingerprint density at radius 3 is 2.80 bits per heavy atom. The van der Waals surface area contributed by atoms with Gasteiger partial charge in [0.2, 0.25) is 5.89 Å². The SMILES string of the molecule is CC(C)c1nc(C2CCCN2C(=O)Nc2ccc(N(C)C)cn2)no1. The number of carbonyl (C=O) groups excluding carboxylic acids is 1. The molecule has 3 rings (SSSR count). The maximum atomic E-state index is 12.6. The molecule has 0 bridgehead atoms. The highest BCUT2D eigenvalue weighted by atomic mass is 16.5. The monoisotopic (exact) mass is 344 g/mol. The van der Waals surface area contributed by atoms with Crippen LogP contribution in [0.4, 0.5) is 16.3 Å². The first-order chi connectivity index (χ1) is 12.0. The molecule has 25 heavy (non-hydrogen) atoms. The Hall–Kier alpha value is -2.64. The molecule has 2 aromatic heterocycles. The molecule has 1 N–H and O–H groups in total. The zero-order chi connectivity index (χ0) is 18.0. The molecule has 0 aromatic carbocycles. The van der Waals surface area contributed by atoms with E-state index in [9.17, 15) is 4.79 Å². The average molecular weight is 344 g/mol. The van der Waals surface area contributed by atoms with Crippen LogP contribution in [0.15, 0.2) is 22.9 Å². The van der Waals surface area contributed by atoms with Crippen LogP contribution < -0.4 is 10.2 Å². The molecule has 0 spiro atoms. The van der Waals surface area contributed by atoms with Gasteiger partial charge in [-0.05, 0) is 25.0 Å². The fraction of sp³-hybridized carbons (Fsp3) is 0.529. The van der Waals surface area contributed by atoms with Crippen molar-refractivity contribution in [1.82, 2.24) is 20.0 Å². The van der Waals surface area contributed by atoms with Gasteiger partial charge in [0.05, 0.1) is 17.9 Å². The first kappa shape index (κ1) is 17.2. The fourth-order valence-corrected chi connectivity index (χ4v) is 2.80. The average Bonchev–Trinajstić information content (AvgIpc) is 3.24. The van der Waals surface area contributed by atoms with Gasteiger partial charge in [-0.1, -0.05) is 19.0 Å². The summed E-state index contributed by atoms with van der Waals surface area (Å²) in [6.45, 7) is 4.66. The van der Waals surface area contributed by atoms with Crippen LogP contribution >= 0.6 is 0 Å². The molecule has 1 aliphatic rings. The third-order valence-electron chi connectivity index (χ3n) is 4.26. The Labute approximate surface area is 147 Å². The highest BCUT2D eigenvalue weighted by molar-refractivity contribution is 5.88. The van der Waals surface area contributed by atoms with Gasteiger partial charge in [-0.2, -0.15) is 4.98 Å². The second-order valence-electron chi connectivity index (χ2n) is 6.72. The number of pyridine rings is 1. The van der Waals surface area contributed by atoms with Gasteiger partial charge in [-0.25, -0.2) is 9.78 Å². The second kappa shape index (κ2) is 7.08. The van der Waals surface area contributed by atoms with Gasteiger partial charge in [0.1, 0.15) is 5.82 Å². The number of hydrogen-bond acceptors (Lipinski definition) is 6. The molecule has 1 unspecified atom stereocenters. The summed E-state index contributed by atoms with van der Waals surface area (Å²) in [7, 11) is 3.89. The van der Waals surface area contributed by atoms with E-state index in [0.29, 0.717) is 24.1 Å². The molecule has 0 saturated carbocycles. The van der Waals surface area contributed by atoms with Crippen LogP contribution in [0.3, 0.4) is 0 Å². The predicted octanol–water partition coefficient (Wildman–Crippen LogP) is 3.02. The summed E-state index contributed by atoms with van der Waals surface area (Å²) in [4.78, 5) is 25.1. The summed E-state index contributed by atoms with van der Waals surface area (Å²) in [6.07, 6.45) is 3.47. The van der Waals surface area contributed by atoms with Crippen molar-refractivity contribution in [3.05, 3.63) is 30.0 Å². The molecule has 1 fully saturated rings. The molecular formula is C17H24N6O2. The summed E-state index contributed by atoms with van der Waals surface area (Å²) < 4.78 is 5.28. The fourth-order valence-electron chi connectivity index (χ4n) is 2.80. The lowest BCUT2D eigenvalue weighted by atomic mass is 10.2. The maximum absolute atomic E-state index is 12.6. The Bertz CT molecular complexity index is 725. The molecule has 8 heteroatoms. The second-order valence-corrected chi connectivity index (χ2v) is 6.72. The van der Waals surface area contributed by atoms with E-state index in [2.05, 4.69) is 20.4 Å². The summed E-state index contributed by atoms with van der Waals surface area (Å²) in [5.74, 6) is 1.87. The minimum absolute atomic E-state index is 0.155. The summed E-state index contributed by atoms with van der Waals surface area (Å²) >= 11 is 0. The number of likely N-dealkylation sites (tertiary alicyclic amines) is 1. The Morgan fingerprint density at radius 1 is 1.40 bits per heavy atom. The third kappa shape index (κ3) is 3.72. The van der Waals surface area contributed by atoms with Crippen LogP contribution in [0.1, 0.15) is 50.4 Å². The lowest BCUT2D eigenvalue weighted by molar-refractivity contribution is 0.203. The van der Waals surface area contributed by atoms with Gasteiger partial charge in [0.25, 0.3) is 0 Å². The Balaban J connectivity index is 1.69. The highest BCUT2D eigenvalue weighted by Gasteiger charge is 2.33. The number of carbonyl (C=O) groups is 1. The van der Waals surface area contributed by atoms with Gasteiger partial charge in [0, 0.05) is 26.6 Å². The smallest absolute Gasteiger partial charge is 0.323 e. The van der Waals surface area contributed by atoms with Crippen molar-refractivity contribution in [2.75, 3.05) is 30.9 Å². The standard InChI is InChI=1S/C17H24N6O2/c1-11(2)16-20-15(21-25-16)13-6-5-9-23(13)17(24)19-14-8-7-12(10-18-14)22(3)4/h7-8,10-11,13H,5-6,9H2,1-4H3,(H,18,19,24). The van der Waals surface area contributed by atoms with E-state index in [4.69, 9.17) is 4.52 Å². The summed E-state index contributed by atoms with van der Waals surface area (Å²) in [5.41, 5.74) is 0.977. The molecule has 2 amide bonds. The molecule has 1 aliphatic heterocycles. The van der Waals surface area contributed by atoms with Crippen LogP contribution in [0.25, 0.3) is 0 Å². The largest absolute Gasteiger partial charge is 0.376 e. The highest BCUT2D eigenvalue weighted by Crippen LogP contribution is 2.31. The van der Waals surface area contributed by atoms with Gasteiger partial charge in [-0.3, -0.25) is 5.32 Å². The molecule has 0 aliphatic carbocycles. The molecule has 2 aromatic rings. The van der Waals surface area contributed by atoms with E-state index in [1.54, 1.807) is 17.2 Å². The van der Waals surface area contributed by atoms with E-state index < -0.39 is 0 Å². The van der Waals surface area contributed by atoms with Crippen molar-refractivity contribution < 1.29 is 9.32 Å². The molecule has 8 nitrogen and oxygen atoms in total. The molecule has 1 atom stereocenters. The number of nitrogens with zero attached hydrogens (tertiary/aromatic N) is 5. The van der Waals surface area contributed by atoms with Crippen LogP contribution in [0, 0.1) is 0 Å². The summed E-state index contributed by atoms with van der Waals surface area (Å²) in [6, 6.07) is 3.36. The minimum atomic E-state index is -0.191. The molecule has 0 radical (unpaired) electrons. The van der Waals surface area contributed by atoms with Gasteiger partial charge >= 0.3 is 6.03 Å². The van der Waals surface area contributed by atoms with Crippen molar-refractivity contribution in [2.45, 2.75) is 38.6 Å². The lowest BCUT2D eigenvalue weighted by Gasteiger charge is -2.22. The quantitative estimate of drug-likeness (QED) is 0.917. The van der Waals surface area contributed by atoms with Crippen LogP contribution in [0.2, 0.25) is 0 Å². The number of urea groups is 1. The van der Waals surface area contributed by atoms with Crippen molar-refractivity contribution in [3.63, 3.8) is 0 Å². The maximum Gasteiger partial charge on any atom is 0.323 e.